The van der Waals surface area contributed by atoms with Gasteiger partial charge in [0.05, 0.1) is 27.7 Å². The second-order valence-corrected chi connectivity index (χ2v) is 14.3. The van der Waals surface area contributed by atoms with E-state index in [4.69, 9.17) is 0 Å². The minimum Gasteiger partial charge on any atom is -1.00 e. The highest BCUT2D eigenvalue weighted by molar-refractivity contribution is 4.83. The summed E-state index contributed by atoms with van der Waals surface area (Å²) in [6.07, 6.45) is 44.8. The van der Waals surface area contributed by atoms with E-state index in [-0.39, 0.29) is 24.8 Å². The third kappa shape index (κ3) is 41.7. The number of halogens is 2. The van der Waals surface area contributed by atoms with Gasteiger partial charge in [0.25, 0.3) is 0 Å². The summed E-state index contributed by atoms with van der Waals surface area (Å²) in [4.78, 5) is 0. The number of quaternary nitrogens is 1. The fourth-order valence-corrected chi connectivity index (χ4v) is 5.85. The number of unbranched alkanes of at least 4 members (excludes halogenated alkanes) is 26. The van der Waals surface area contributed by atoms with Crippen LogP contribution in [-0.2, 0) is 6.54 Å². The number of hydrogen-bond acceptors (Lipinski definition) is 0. The summed E-state index contributed by atoms with van der Waals surface area (Å²) in [7, 11) is 6.88. The predicted octanol–water partition coefficient (Wildman–Crippen LogP) is 6.64. The lowest BCUT2D eigenvalue weighted by molar-refractivity contribution is -0.870. The highest BCUT2D eigenvalue weighted by Crippen LogP contribution is 2.14. The third-order valence-corrected chi connectivity index (χ3v) is 8.73. The highest BCUT2D eigenvalue weighted by atomic mass is 35.5. The molecule has 1 aromatic rings. The van der Waals surface area contributed by atoms with Crippen molar-refractivity contribution in [2.45, 2.75) is 200 Å². The van der Waals surface area contributed by atoms with Gasteiger partial charge in [-0.3, -0.25) is 0 Å². The van der Waals surface area contributed by atoms with Crippen molar-refractivity contribution in [3.8, 4) is 0 Å². The van der Waals surface area contributed by atoms with Gasteiger partial charge in [0, 0.05) is 18.6 Å². The summed E-state index contributed by atoms with van der Waals surface area (Å²) in [6, 6.07) is 6.31. The summed E-state index contributed by atoms with van der Waals surface area (Å²) >= 11 is 0. The molecule has 1 aromatic heterocycles. The van der Waals surface area contributed by atoms with E-state index < -0.39 is 0 Å². The lowest BCUT2D eigenvalue weighted by Gasteiger charge is -2.23. The Morgan fingerprint density at radius 2 is 0.636 bits per heavy atom. The van der Waals surface area contributed by atoms with Crippen LogP contribution < -0.4 is 29.4 Å². The molecule has 0 saturated carbocycles. The molecule has 0 aliphatic heterocycles. The van der Waals surface area contributed by atoms with Gasteiger partial charge in [0.1, 0.15) is 6.54 Å². The maximum Gasteiger partial charge on any atom is 0.168 e. The number of pyridine rings is 1. The van der Waals surface area contributed by atoms with E-state index in [0.29, 0.717) is 0 Å². The van der Waals surface area contributed by atoms with Gasteiger partial charge in [0.15, 0.2) is 12.4 Å². The van der Waals surface area contributed by atoms with Gasteiger partial charge in [-0.2, -0.15) is 0 Å². The number of rotatable bonds is 30. The zero-order chi connectivity index (χ0) is 30.8. The van der Waals surface area contributed by atoms with Crippen molar-refractivity contribution in [1.29, 1.82) is 0 Å². The first-order valence-corrected chi connectivity index (χ1v) is 19.2. The van der Waals surface area contributed by atoms with E-state index in [1.807, 2.05) is 0 Å². The Labute approximate surface area is 291 Å². The van der Waals surface area contributed by atoms with E-state index in [0.717, 1.165) is 4.48 Å². The first kappa shape index (κ1) is 48.1. The maximum absolute atomic E-state index is 2.29. The lowest BCUT2D eigenvalue weighted by Crippen LogP contribution is -3.00. The smallest absolute Gasteiger partial charge is 0.168 e. The molecular formula is C40H80Cl2N2. The van der Waals surface area contributed by atoms with Crippen LogP contribution >= 0.6 is 0 Å². The standard InChI is InChI=1S/C21H38N.C19H42N.2ClH/c1-2-3-4-5-6-7-8-9-10-11-12-13-14-16-19-22-20-17-15-18-21-22;1-5-6-7-8-9-10-11-12-13-14-15-16-17-18-19-20(2,3)4;;/h15,17-18,20-21H,2-14,16,19H2,1H3;5-19H2,1-4H3;2*1H/q2*+1;;/p-2. The fourth-order valence-electron chi connectivity index (χ4n) is 5.85. The third-order valence-electron chi connectivity index (χ3n) is 8.73. The van der Waals surface area contributed by atoms with Crippen LogP contribution in [0.15, 0.2) is 30.6 Å². The molecular weight excluding hydrogens is 579 g/mol. The van der Waals surface area contributed by atoms with Crippen LogP contribution in [0, 0.1) is 0 Å². The van der Waals surface area contributed by atoms with Gasteiger partial charge < -0.3 is 29.3 Å². The molecule has 0 fully saturated rings. The van der Waals surface area contributed by atoms with Gasteiger partial charge in [-0.05, 0) is 19.3 Å². The van der Waals surface area contributed by atoms with Crippen LogP contribution in [0.5, 0.6) is 0 Å². The van der Waals surface area contributed by atoms with E-state index >= 15 is 0 Å². The Hall–Kier alpha value is -0.310. The molecule has 0 atom stereocenters. The van der Waals surface area contributed by atoms with Crippen LogP contribution in [0.1, 0.15) is 194 Å². The summed E-state index contributed by atoms with van der Waals surface area (Å²) in [5.74, 6) is 0. The molecule has 0 aliphatic carbocycles. The topological polar surface area (TPSA) is 3.88 Å². The van der Waals surface area contributed by atoms with Crippen LogP contribution in [0.25, 0.3) is 0 Å². The van der Waals surface area contributed by atoms with Crippen LogP contribution in [-0.4, -0.2) is 32.2 Å². The van der Waals surface area contributed by atoms with E-state index in [2.05, 4.69) is 70.2 Å². The average molecular weight is 660 g/mol. The Kier molecular flexibility index (Phi) is 42.5. The molecule has 0 amide bonds. The van der Waals surface area contributed by atoms with Gasteiger partial charge in [-0.25, -0.2) is 4.57 Å². The SMILES string of the molecule is CCCCCCCCCCCCCCCC[N+](C)(C)C.CCCCCCCCCCCCCCCC[n+]1ccccc1.[Cl-].[Cl-]. The minimum atomic E-state index is 0. The molecule has 0 radical (unpaired) electrons. The summed E-state index contributed by atoms with van der Waals surface area (Å²) in [5, 5.41) is 0. The van der Waals surface area contributed by atoms with Gasteiger partial charge in [-0.15, -0.1) is 0 Å². The van der Waals surface area contributed by atoms with Crippen LogP contribution in [0.3, 0.4) is 0 Å². The van der Waals surface area contributed by atoms with Gasteiger partial charge in [0.2, 0.25) is 0 Å². The van der Waals surface area contributed by atoms with Crippen molar-refractivity contribution < 1.29 is 33.9 Å². The molecule has 1 heterocycles. The van der Waals surface area contributed by atoms with Crippen molar-refractivity contribution in [2.24, 2.45) is 0 Å². The molecule has 2 nitrogen and oxygen atoms in total. The highest BCUT2D eigenvalue weighted by Gasteiger charge is 2.05. The monoisotopic (exact) mass is 659 g/mol. The number of aromatic nitrogens is 1. The second-order valence-electron chi connectivity index (χ2n) is 14.3. The molecule has 0 N–H and O–H groups in total. The summed E-state index contributed by atoms with van der Waals surface area (Å²) < 4.78 is 3.42. The molecule has 0 aromatic carbocycles. The average Bonchev–Trinajstić information content (AvgIpc) is 2.98. The largest absolute Gasteiger partial charge is 1.00 e. The quantitative estimate of drug-likeness (QED) is 0.0496. The first-order valence-electron chi connectivity index (χ1n) is 19.2. The Morgan fingerprint density at radius 3 is 0.932 bits per heavy atom. The molecule has 4 heteroatoms. The normalized spacial score (nSPS) is 10.9. The van der Waals surface area contributed by atoms with E-state index in [9.17, 15) is 0 Å². The fraction of sp³-hybridized carbons (Fsp3) is 0.875. The summed E-state index contributed by atoms with van der Waals surface area (Å²) in [6.45, 7) is 7.10. The number of hydrogen-bond donors (Lipinski definition) is 0. The Morgan fingerprint density at radius 1 is 0.364 bits per heavy atom. The van der Waals surface area contributed by atoms with Crippen LogP contribution in [0.4, 0.5) is 0 Å². The molecule has 44 heavy (non-hydrogen) atoms. The zero-order valence-electron chi connectivity index (χ0n) is 30.8. The van der Waals surface area contributed by atoms with Crippen molar-refractivity contribution in [2.75, 3.05) is 27.7 Å². The lowest BCUT2D eigenvalue weighted by atomic mass is 10.0. The first-order chi connectivity index (χ1) is 20.5. The molecule has 0 saturated heterocycles. The molecule has 0 spiro atoms. The van der Waals surface area contributed by atoms with Crippen molar-refractivity contribution in [1.82, 2.24) is 0 Å². The number of aryl methyl sites for hydroxylation is 1. The molecule has 1 rings (SSSR count). The minimum absolute atomic E-state index is 0. The second kappa shape index (κ2) is 38.9. The van der Waals surface area contributed by atoms with Gasteiger partial charge in [-0.1, -0.05) is 174 Å². The number of nitrogens with zero attached hydrogens (tertiary/aromatic N) is 2. The molecule has 0 bridgehead atoms. The Bertz CT molecular complexity index is 618. The van der Waals surface area contributed by atoms with Crippen molar-refractivity contribution in [3.05, 3.63) is 30.6 Å². The van der Waals surface area contributed by atoms with Crippen molar-refractivity contribution >= 4 is 0 Å². The maximum atomic E-state index is 2.29. The predicted molar refractivity (Wildman–Crippen MR) is 190 cm³/mol. The molecule has 264 valence electrons. The summed E-state index contributed by atoms with van der Waals surface area (Å²) in [5.41, 5.74) is 0. The van der Waals surface area contributed by atoms with E-state index in [1.165, 1.54) is 193 Å². The van der Waals surface area contributed by atoms with E-state index in [1.54, 1.807) is 0 Å². The zero-order valence-corrected chi connectivity index (χ0v) is 32.3. The van der Waals surface area contributed by atoms with Gasteiger partial charge >= 0.3 is 0 Å². The van der Waals surface area contributed by atoms with Crippen molar-refractivity contribution in [3.63, 3.8) is 0 Å². The Balaban J connectivity index is -0.000000735. The van der Waals surface area contributed by atoms with Crippen LogP contribution in [0.2, 0.25) is 0 Å². The molecule has 0 unspecified atom stereocenters. The molecule has 0 aliphatic rings.